The van der Waals surface area contributed by atoms with Crippen LogP contribution in [0.25, 0.3) is 22.7 Å². The van der Waals surface area contributed by atoms with Gasteiger partial charge in [-0.05, 0) is 43.0 Å². The zero-order valence-corrected chi connectivity index (χ0v) is 19.7. The van der Waals surface area contributed by atoms with Crippen LogP contribution in [0.3, 0.4) is 0 Å². The van der Waals surface area contributed by atoms with Crippen LogP contribution in [-0.4, -0.2) is 68.3 Å². The molecule has 1 aliphatic heterocycles. The number of aromatic nitrogens is 2. The molecule has 2 heterocycles. The molecule has 0 spiro atoms. The number of rotatable bonds is 8. The molecule has 4 rings (SSSR count). The topological polar surface area (TPSA) is 24.1 Å². The van der Waals surface area contributed by atoms with Gasteiger partial charge in [0.2, 0.25) is 0 Å². The Morgan fingerprint density at radius 1 is 1.06 bits per heavy atom. The van der Waals surface area contributed by atoms with Crippen molar-refractivity contribution in [1.29, 1.82) is 0 Å². The molecule has 0 bridgehead atoms. The minimum absolute atomic E-state index is 0.962. The fourth-order valence-electron chi connectivity index (χ4n) is 4.35. The van der Waals surface area contributed by atoms with Gasteiger partial charge in [0.1, 0.15) is 0 Å². The van der Waals surface area contributed by atoms with Gasteiger partial charge in [-0.3, -0.25) is 4.90 Å². The van der Waals surface area contributed by atoms with E-state index in [0.717, 1.165) is 43.6 Å². The Hall–Kier alpha value is -2.63. The van der Waals surface area contributed by atoms with E-state index >= 15 is 0 Å². The molecule has 2 aromatic carbocycles. The number of aryl methyl sites for hydroxylation is 2. The average Bonchev–Trinajstić information content (AvgIpc) is 3.27. The van der Waals surface area contributed by atoms with E-state index in [4.69, 9.17) is 0 Å². The third-order valence-corrected chi connectivity index (χ3v) is 6.23. The standard InChI is InChI=1S/C26H36N5/c1-28(18-19-31(3,4)5)17-15-27-23-12-10-21(11-13-23)20-22-14-16-30-25-9-7-6-8-24(25)29(2)26(22)30/h6-13,20H,14-19H2,1-5H3/q+1/p+1. The number of hydrogen-bond donors (Lipinski definition) is 1. The molecule has 3 aromatic rings. The first-order valence-electron chi connectivity index (χ1n) is 11.3. The predicted octanol–water partition coefficient (Wildman–Crippen LogP) is 3.46. The molecule has 0 atom stereocenters. The van der Waals surface area contributed by atoms with E-state index in [-0.39, 0.29) is 0 Å². The zero-order chi connectivity index (χ0) is 22.0. The van der Waals surface area contributed by atoms with E-state index in [0.29, 0.717) is 0 Å². The van der Waals surface area contributed by atoms with E-state index < -0.39 is 0 Å². The van der Waals surface area contributed by atoms with Crippen molar-refractivity contribution in [1.82, 2.24) is 9.47 Å². The fraction of sp³-hybridized carbons (Fsp3) is 0.423. The molecule has 0 unspecified atom stereocenters. The molecule has 1 N–H and O–H groups in total. The predicted molar refractivity (Wildman–Crippen MR) is 131 cm³/mol. The van der Waals surface area contributed by atoms with E-state index in [1.807, 2.05) is 0 Å². The summed E-state index contributed by atoms with van der Waals surface area (Å²) >= 11 is 0. The van der Waals surface area contributed by atoms with Crippen LogP contribution in [0.4, 0.5) is 5.69 Å². The summed E-state index contributed by atoms with van der Waals surface area (Å²) in [6.07, 6.45) is 3.44. The summed E-state index contributed by atoms with van der Waals surface area (Å²) in [5.74, 6) is 1.33. The van der Waals surface area contributed by atoms with Crippen LogP contribution in [0, 0.1) is 0 Å². The zero-order valence-electron chi connectivity index (χ0n) is 19.7. The van der Waals surface area contributed by atoms with Gasteiger partial charge < -0.3 is 9.80 Å². The third kappa shape index (κ3) is 5.00. The van der Waals surface area contributed by atoms with Gasteiger partial charge >= 0.3 is 0 Å². The molecular formula is C26H37N5+2. The van der Waals surface area contributed by atoms with E-state index in [1.165, 1.54) is 33.7 Å². The minimum atomic E-state index is 0.962. The van der Waals surface area contributed by atoms with Crippen LogP contribution in [0.5, 0.6) is 0 Å². The number of allylic oxidation sites excluding steroid dienone is 1. The maximum absolute atomic E-state index is 3.56. The number of benzene rings is 2. The van der Waals surface area contributed by atoms with Crippen molar-refractivity contribution in [3.8, 4) is 0 Å². The number of nitrogens with one attached hydrogen (secondary N) is 1. The Balaban J connectivity index is 1.37. The second kappa shape index (κ2) is 8.85. The molecule has 5 nitrogen and oxygen atoms in total. The number of imidazole rings is 1. The SMILES string of the molecule is CN(CCNc1ccc(C=C2CCn3c2[n+](C)c2ccccc23)cc1)CC[N+](C)(C)C. The quantitative estimate of drug-likeness (QED) is 0.447. The van der Waals surface area contributed by atoms with Crippen molar-refractivity contribution >= 4 is 28.4 Å². The lowest BCUT2D eigenvalue weighted by Crippen LogP contribution is -2.41. The molecule has 31 heavy (non-hydrogen) atoms. The van der Waals surface area contributed by atoms with E-state index in [1.54, 1.807) is 0 Å². The van der Waals surface area contributed by atoms with Crippen LogP contribution in [0.2, 0.25) is 0 Å². The number of likely N-dealkylation sites (N-methyl/N-ethyl adjacent to an activating group) is 2. The van der Waals surface area contributed by atoms with Gasteiger partial charge in [0.05, 0.1) is 41.3 Å². The van der Waals surface area contributed by atoms with Crippen molar-refractivity contribution in [2.75, 3.05) is 59.7 Å². The maximum atomic E-state index is 3.56. The van der Waals surface area contributed by atoms with Crippen molar-refractivity contribution in [3.05, 3.63) is 59.9 Å². The summed E-state index contributed by atoms with van der Waals surface area (Å²) in [5.41, 5.74) is 6.49. The number of anilines is 1. The van der Waals surface area contributed by atoms with Crippen molar-refractivity contribution in [2.24, 2.45) is 7.05 Å². The first-order valence-corrected chi connectivity index (χ1v) is 11.3. The fourth-order valence-corrected chi connectivity index (χ4v) is 4.35. The van der Waals surface area contributed by atoms with E-state index in [2.05, 4.69) is 109 Å². The second-order valence-corrected chi connectivity index (χ2v) is 9.81. The lowest BCUT2D eigenvalue weighted by atomic mass is 10.1. The largest absolute Gasteiger partial charge is 0.384 e. The first kappa shape index (κ1) is 21.6. The highest BCUT2D eigenvalue weighted by atomic mass is 15.3. The van der Waals surface area contributed by atoms with Gasteiger partial charge in [-0.25, -0.2) is 9.13 Å². The van der Waals surface area contributed by atoms with Gasteiger partial charge in [0.15, 0.2) is 11.0 Å². The number of fused-ring (bicyclic) bond motifs is 3. The first-order chi connectivity index (χ1) is 14.8. The highest BCUT2D eigenvalue weighted by Crippen LogP contribution is 2.30. The van der Waals surface area contributed by atoms with Gasteiger partial charge in [0.25, 0.3) is 5.82 Å². The Morgan fingerprint density at radius 3 is 2.55 bits per heavy atom. The maximum Gasteiger partial charge on any atom is 0.285 e. The number of para-hydroxylation sites is 2. The summed E-state index contributed by atoms with van der Waals surface area (Å²) < 4.78 is 5.79. The van der Waals surface area contributed by atoms with Crippen LogP contribution >= 0.6 is 0 Å². The molecule has 1 aliphatic rings. The van der Waals surface area contributed by atoms with Crippen LogP contribution in [0.1, 0.15) is 17.8 Å². The monoisotopic (exact) mass is 419 g/mol. The molecule has 1 aromatic heterocycles. The third-order valence-electron chi connectivity index (χ3n) is 6.23. The lowest BCUT2D eigenvalue weighted by Gasteiger charge is -2.27. The Labute approximate surface area is 186 Å². The van der Waals surface area contributed by atoms with E-state index in [9.17, 15) is 0 Å². The minimum Gasteiger partial charge on any atom is -0.384 e. The summed E-state index contributed by atoms with van der Waals surface area (Å²) in [4.78, 5) is 2.40. The smallest absolute Gasteiger partial charge is 0.285 e. The Bertz CT molecular complexity index is 1070. The highest BCUT2D eigenvalue weighted by molar-refractivity contribution is 5.84. The van der Waals surface area contributed by atoms with Crippen molar-refractivity contribution < 1.29 is 9.05 Å². The highest BCUT2D eigenvalue weighted by Gasteiger charge is 2.30. The van der Waals surface area contributed by atoms with Gasteiger partial charge in [-0.2, -0.15) is 0 Å². The van der Waals surface area contributed by atoms with Crippen LogP contribution in [-0.2, 0) is 13.6 Å². The van der Waals surface area contributed by atoms with Gasteiger partial charge in [-0.15, -0.1) is 0 Å². The van der Waals surface area contributed by atoms with Crippen molar-refractivity contribution in [3.63, 3.8) is 0 Å². The second-order valence-electron chi connectivity index (χ2n) is 9.81. The molecule has 0 radical (unpaired) electrons. The average molecular weight is 420 g/mol. The molecule has 0 fully saturated rings. The molecule has 5 heteroatoms. The molecule has 0 saturated carbocycles. The number of quaternary nitrogens is 1. The molecule has 0 saturated heterocycles. The summed E-state index contributed by atoms with van der Waals surface area (Å²) in [6.45, 7) is 5.35. The lowest BCUT2D eigenvalue weighted by molar-refractivity contribution is -0.869. The summed E-state index contributed by atoms with van der Waals surface area (Å²) in [7, 11) is 11.1. The molecule has 164 valence electrons. The summed E-state index contributed by atoms with van der Waals surface area (Å²) in [6, 6.07) is 17.5. The number of nitrogens with zero attached hydrogens (tertiary/aromatic N) is 4. The number of hydrogen-bond acceptors (Lipinski definition) is 2. The summed E-state index contributed by atoms with van der Waals surface area (Å²) in [5, 5.41) is 3.56. The van der Waals surface area contributed by atoms with Crippen molar-refractivity contribution in [2.45, 2.75) is 13.0 Å². The normalized spacial score (nSPS) is 15.2. The Morgan fingerprint density at radius 2 is 1.81 bits per heavy atom. The molecular weight excluding hydrogens is 382 g/mol. The van der Waals surface area contributed by atoms with Crippen LogP contribution < -0.4 is 9.88 Å². The molecule has 0 amide bonds. The van der Waals surface area contributed by atoms with Gasteiger partial charge in [0, 0.05) is 37.3 Å². The molecule has 0 aliphatic carbocycles. The van der Waals surface area contributed by atoms with Gasteiger partial charge in [-0.1, -0.05) is 24.3 Å². The Kier molecular flexibility index (Phi) is 6.17. The van der Waals surface area contributed by atoms with Crippen LogP contribution in [0.15, 0.2) is 48.5 Å².